The van der Waals surface area contributed by atoms with Crippen LogP contribution in [0.1, 0.15) is 6.42 Å². The van der Waals surface area contributed by atoms with Crippen molar-refractivity contribution in [3.63, 3.8) is 0 Å². The lowest BCUT2D eigenvalue weighted by atomic mass is 10.0. The summed E-state index contributed by atoms with van der Waals surface area (Å²) in [5, 5.41) is 11.4. The lowest BCUT2D eigenvalue weighted by Gasteiger charge is -2.10. The second-order valence-corrected chi connectivity index (χ2v) is 2.46. The number of hydrogen-bond acceptors (Lipinski definition) is 2. The van der Waals surface area contributed by atoms with E-state index in [1.54, 1.807) is 6.08 Å². The number of hydrogen-bond donors (Lipinski definition) is 2. The summed E-state index contributed by atoms with van der Waals surface area (Å²) in [4.78, 5) is 10.7. The molecule has 0 saturated carbocycles. The third-order valence-corrected chi connectivity index (χ3v) is 1.78. The van der Waals surface area contributed by atoms with Crippen LogP contribution < -0.4 is 5.32 Å². The number of carbonyl (C=O) groups excluding carboxylic acids is 1. The van der Waals surface area contributed by atoms with Gasteiger partial charge in [-0.2, -0.15) is 0 Å². The van der Waals surface area contributed by atoms with Crippen molar-refractivity contribution in [2.45, 2.75) is 12.5 Å². The Balaban J connectivity index is 2.56. The van der Waals surface area contributed by atoms with E-state index in [0.29, 0.717) is 6.42 Å². The Bertz CT molecular complexity index is 156. The lowest BCUT2D eigenvalue weighted by molar-refractivity contribution is -0.119. The maximum absolute atomic E-state index is 10.7. The van der Waals surface area contributed by atoms with Gasteiger partial charge in [-0.25, -0.2) is 0 Å². The van der Waals surface area contributed by atoms with Crippen molar-refractivity contribution in [3.8, 4) is 0 Å². The van der Waals surface area contributed by atoms with Crippen LogP contribution in [-0.4, -0.2) is 23.7 Å². The molecule has 1 aliphatic rings. The second-order valence-electron chi connectivity index (χ2n) is 2.46. The molecule has 0 bridgehead atoms. The predicted molar refractivity (Wildman–Crippen MR) is 37.3 cm³/mol. The summed E-state index contributed by atoms with van der Waals surface area (Å²) < 4.78 is 0. The topological polar surface area (TPSA) is 49.3 Å². The molecule has 0 unspecified atom stereocenters. The molecule has 1 heterocycles. The van der Waals surface area contributed by atoms with Crippen LogP contribution in [0.5, 0.6) is 0 Å². The van der Waals surface area contributed by atoms with Gasteiger partial charge >= 0.3 is 0 Å². The molecule has 1 saturated heterocycles. The highest BCUT2D eigenvalue weighted by molar-refractivity contribution is 5.79. The van der Waals surface area contributed by atoms with Crippen LogP contribution in [0.2, 0.25) is 0 Å². The minimum absolute atomic E-state index is 0.00241. The molecule has 3 nitrogen and oxygen atoms in total. The molecule has 0 radical (unpaired) electrons. The highest BCUT2D eigenvalue weighted by Gasteiger charge is 2.28. The molecule has 56 valence electrons. The largest absolute Gasteiger partial charge is 0.394 e. The van der Waals surface area contributed by atoms with Crippen LogP contribution in [-0.2, 0) is 4.79 Å². The Morgan fingerprint density at radius 1 is 1.90 bits per heavy atom. The molecular formula is C7H11NO2. The molecule has 10 heavy (non-hydrogen) atoms. The van der Waals surface area contributed by atoms with Gasteiger partial charge in [0.1, 0.15) is 0 Å². The summed E-state index contributed by atoms with van der Waals surface area (Å²) in [7, 11) is 0. The number of carbonyl (C=O) groups is 1. The summed E-state index contributed by atoms with van der Waals surface area (Å²) in [6.07, 6.45) is 2.17. The van der Waals surface area contributed by atoms with E-state index >= 15 is 0 Å². The highest BCUT2D eigenvalue weighted by atomic mass is 16.3. The Morgan fingerprint density at radius 2 is 2.60 bits per heavy atom. The maximum atomic E-state index is 10.7. The Kier molecular flexibility index (Phi) is 2.06. The van der Waals surface area contributed by atoms with Gasteiger partial charge in [-0.3, -0.25) is 4.79 Å². The van der Waals surface area contributed by atoms with Gasteiger partial charge in [0.2, 0.25) is 5.91 Å². The van der Waals surface area contributed by atoms with Gasteiger partial charge < -0.3 is 10.4 Å². The Morgan fingerprint density at radius 3 is 3.00 bits per heavy atom. The molecule has 2 N–H and O–H groups in total. The van der Waals surface area contributed by atoms with Crippen molar-refractivity contribution in [3.05, 3.63) is 12.7 Å². The monoisotopic (exact) mass is 141 g/mol. The van der Waals surface area contributed by atoms with Crippen LogP contribution in [0.25, 0.3) is 0 Å². The van der Waals surface area contributed by atoms with Crippen molar-refractivity contribution in [2.75, 3.05) is 6.61 Å². The number of rotatable bonds is 2. The number of nitrogens with one attached hydrogen (secondary N) is 1. The Labute approximate surface area is 59.7 Å². The molecule has 0 aromatic heterocycles. The first kappa shape index (κ1) is 7.28. The second kappa shape index (κ2) is 2.84. The van der Waals surface area contributed by atoms with Gasteiger partial charge in [0.15, 0.2) is 0 Å². The first-order valence-corrected chi connectivity index (χ1v) is 3.30. The van der Waals surface area contributed by atoms with Crippen molar-refractivity contribution < 1.29 is 9.90 Å². The van der Waals surface area contributed by atoms with Crippen LogP contribution in [0.3, 0.4) is 0 Å². The number of amides is 1. The summed E-state index contributed by atoms with van der Waals surface area (Å²) in [6, 6.07) is -0.106. The molecule has 1 rings (SSSR count). The first-order chi connectivity index (χ1) is 4.77. The smallest absolute Gasteiger partial charge is 0.220 e. The average Bonchev–Trinajstić information content (AvgIpc) is 2.30. The van der Waals surface area contributed by atoms with Gasteiger partial charge in [0.25, 0.3) is 0 Å². The molecule has 3 heteroatoms. The van der Waals surface area contributed by atoms with E-state index in [9.17, 15) is 4.79 Å². The zero-order valence-electron chi connectivity index (χ0n) is 5.71. The zero-order chi connectivity index (χ0) is 7.56. The van der Waals surface area contributed by atoms with E-state index in [2.05, 4.69) is 11.9 Å². The quantitative estimate of drug-likeness (QED) is 0.517. The minimum Gasteiger partial charge on any atom is -0.394 e. The van der Waals surface area contributed by atoms with Gasteiger partial charge in [0.05, 0.1) is 12.6 Å². The summed E-state index contributed by atoms with van der Waals surface area (Å²) >= 11 is 0. The van der Waals surface area contributed by atoms with Gasteiger partial charge in [-0.1, -0.05) is 6.08 Å². The van der Waals surface area contributed by atoms with Crippen molar-refractivity contribution >= 4 is 5.91 Å². The van der Waals surface area contributed by atoms with Crippen molar-refractivity contribution in [1.29, 1.82) is 0 Å². The molecule has 0 spiro atoms. The minimum atomic E-state index is -0.106. The van der Waals surface area contributed by atoms with Gasteiger partial charge in [0, 0.05) is 12.3 Å². The molecule has 0 aromatic carbocycles. The van der Waals surface area contributed by atoms with Crippen molar-refractivity contribution in [2.24, 2.45) is 5.92 Å². The van der Waals surface area contributed by atoms with E-state index in [1.165, 1.54) is 0 Å². The fourth-order valence-electron chi connectivity index (χ4n) is 1.16. The molecule has 0 aliphatic carbocycles. The van der Waals surface area contributed by atoms with Crippen molar-refractivity contribution in [1.82, 2.24) is 5.32 Å². The standard InChI is InChI=1S/C7H11NO2/c1-2-5-3-7(10)8-6(5)4-9/h2,5-6,9H,1,3-4H2,(H,8,10)/t5-,6-/m1/s1. The van der Waals surface area contributed by atoms with Crippen LogP contribution in [0, 0.1) is 5.92 Å². The van der Waals surface area contributed by atoms with Gasteiger partial charge in [-0.15, -0.1) is 6.58 Å². The average molecular weight is 141 g/mol. The number of aliphatic hydroxyl groups is 1. The first-order valence-electron chi connectivity index (χ1n) is 3.30. The Hall–Kier alpha value is -0.830. The fraction of sp³-hybridized carbons (Fsp3) is 0.571. The molecule has 0 aromatic rings. The molecule has 1 amide bonds. The highest BCUT2D eigenvalue weighted by Crippen LogP contribution is 2.16. The summed E-state index contributed by atoms with van der Waals surface area (Å²) in [5.41, 5.74) is 0. The number of aliphatic hydroxyl groups excluding tert-OH is 1. The molecule has 2 atom stereocenters. The van der Waals surface area contributed by atoms with E-state index in [0.717, 1.165) is 0 Å². The fourth-order valence-corrected chi connectivity index (χ4v) is 1.16. The van der Waals surface area contributed by atoms with E-state index in [4.69, 9.17) is 5.11 Å². The summed E-state index contributed by atoms with van der Waals surface area (Å²) in [5.74, 6) is 0.112. The summed E-state index contributed by atoms with van der Waals surface area (Å²) in [6.45, 7) is 3.57. The third-order valence-electron chi connectivity index (χ3n) is 1.78. The third kappa shape index (κ3) is 1.19. The van der Waals surface area contributed by atoms with E-state index in [1.807, 2.05) is 0 Å². The lowest BCUT2D eigenvalue weighted by Crippen LogP contribution is -2.31. The van der Waals surface area contributed by atoms with Crippen LogP contribution in [0.4, 0.5) is 0 Å². The molecule has 1 fully saturated rings. The SMILES string of the molecule is C=C[C@@H]1CC(=O)N[C@@H]1CO. The zero-order valence-corrected chi connectivity index (χ0v) is 5.71. The molecular weight excluding hydrogens is 130 g/mol. The maximum Gasteiger partial charge on any atom is 0.220 e. The predicted octanol–water partition coefficient (Wildman–Crippen LogP) is -0.331. The normalized spacial score (nSPS) is 31.9. The molecule has 1 aliphatic heterocycles. The van der Waals surface area contributed by atoms with Gasteiger partial charge in [-0.05, 0) is 0 Å². The van der Waals surface area contributed by atoms with Crippen LogP contribution in [0.15, 0.2) is 12.7 Å². The van der Waals surface area contributed by atoms with Crippen LogP contribution >= 0.6 is 0 Å². The van der Waals surface area contributed by atoms with E-state index < -0.39 is 0 Å². The van der Waals surface area contributed by atoms with E-state index in [-0.39, 0.29) is 24.5 Å².